The van der Waals surface area contributed by atoms with E-state index < -0.39 is 9.84 Å². The van der Waals surface area contributed by atoms with Crippen LogP contribution in [0.25, 0.3) is 0 Å². The minimum atomic E-state index is -3.17. The lowest BCUT2D eigenvalue weighted by Gasteiger charge is -2.38. The molecule has 3 rings (SSSR count). The maximum Gasteiger partial charge on any atom is 0.223 e. The van der Waals surface area contributed by atoms with E-state index in [9.17, 15) is 13.2 Å². The standard InChI is InChI=1S/C18H25NO4S/c1-23-16-11-14-6-7-15(12-16)19(14)18(20)10-5-13-3-8-17(9-4-13)24(2,21)22/h3-4,8-9,14-16H,5-7,10-12H2,1-2H3. The molecule has 0 aromatic heterocycles. The SMILES string of the molecule is COC1CC2CCC(C1)N2C(=O)CCc1ccc(S(C)(=O)=O)cc1. The van der Waals surface area contributed by atoms with Gasteiger partial charge < -0.3 is 9.64 Å². The fourth-order valence-corrected chi connectivity index (χ4v) is 4.64. The van der Waals surface area contributed by atoms with Crippen LogP contribution in [-0.4, -0.2) is 50.8 Å². The smallest absolute Gasteiger partial charge is 0.223 e. The Balaban J connectivity index is 1.58. The van der Waals surface area contributed by atoms with Crippen LogP contribution >= 0.6 is 0 Å². The van der Waals surface area contributed by atoms with Gasteiger partial charge in [-0.1, -0.05) is 12.1 Å². The molecule has 6 heteroatoms. The van der Waals surface area contributed by atoms with Gasteiger partial charge in [0.05, 0.1) is 11.0 Å². The van der Waals surface area contributed by atoms with Gasteiger partial charge in [0.25, 0.3) is 0 Å². The van der Waals surface area contributed by atoms with E-state index in [0.29, 0.717) is 29.8 Å². The molecule has 2 unspecified atom stereocenters. The number of fused-ring (bicyclic) bond motifs is 2. The number of amides is 1. The molecule has 0 saturated carbocycles. The van der Waals surface area contributed by atoms with Crippen LogP contribution in [0.5, 0.6) is 0 Å². The molecular weight excluding hydrogens is 326 g/mol. The normalized spacial score (nSPS) is 26.6. The largest absolute Gasteiger partial charge is 0.381 e. The Morgan fingerprint density at radius 2 is 1.75 bits per heavy atom. The maximum atomic E-state index is 12.6. The topological polar surface area (TPSA) is 63.7 Å². The summed E-state index contributed by atoms with van der Waals surface area (Å²) in [4.78, 5) is 15.0. The Morgan fingerprint density at radius 3 is 2.25 bits per heavy atom. The Bertz CT molecular complexity index is 684. The van der Waals surface area contributed by atoms with Crippen molar-refractivity contribution in [3.63, 3.8) is 0 Å². The summed E-state index contributed by atoms with van der Waals surface area (Å²) in [6, 6.07) is 7.49. The molecule has 5 nitrogen and oxygen atoms in total. The van der Waals surface area contributed by atoms with Gasteiger partial charge >= 0.3 is 0 Å². The number of piperidine rings is 1. The lowest BCUT2D eigenvalue weighted by atomic mass is 9.98. The molecule has 2 aliphatic rings. The van der Waals surface area contributed by atoms with Crippen molar-refractivity contribution in [2.75, 3.05) is 13.4 Å². The van der Waals surface area contributed by atoms with Gasteiger partial charge in [0.1, 0.15) is 0 Å². The van der Waals surface area contributed by atoms with Crippen molar-refractivity contribution in [2.24, 2.45) is 0 Å². The van der Waals surface area contributed by atoms with Crippen molar-refractivity contribution in [2.45, 2.75) is 61.6 Å². The van der Waals surface area contributed by atoms with Gasteiger partial charge in [-0.15, -0.1) is 0 Å². The van der Waals surface area contributed by atoms with Crippen LogP contribution in [-0.2, 0) is 25.8 Å². The first-order chi connectivity index (χ1) is 11.4. The molecule has 2 atom stereocenters. The third-order valence-electron chi connectivity index (χ3n) is 5.29. The van der Waals surface area contributed by atoms with Gasteiger partial charge in [-0.2, -0.15) is 0 Å². The van der Waals surface area contributed by atoms with Crippen molar-refractivity contribution >= 4 is 15.7 Å². The highest BCUT2D eigenvalue weighted by atomic mass is 32.2. The molecule has 2 heterocycles. The highest BCUT2D eigenvalue weighted by Gasteiger charge is 2.42. The van der Waals surface area contributed by atoms with Crippen molar-refractivity contribution in [3.8, 4) is 0 Å². The highest BCUT2D eigenvalue weighted by molar-refractivity contribution is 7.90. The van der Waals surface area contributed by atoms with Crippen LogP contribution < -0.4 is 0 Å². The van der Waals surface area contributed by atoms with Gasteiger partial charge in [0.2, 0.25) is 5.91 Å². The van der Waals surface area contributed by atoms with E-state index in [0.717, 1.165) is 31.2 Å². The summed E-state index contributed by atoms with van der Waals surface area (Å²) in [5.41, 5.74) is 0.995. The van der Waals surface area contributed by atoms with E-state index >= 15 is 0 Å². The predicted molar refractivity (Wildman–Crippen MR) is 91.6 cm³/mol. The molecule has 0 spiro atoms. The summed E-state index contributed by atoms with van der Waals surface area (Å²) in [6.45, 7) is 0. The second-order valence-corrected chi connectivity index (χ2v) is 8.95. The minimum Gasteiger partial charge on any atom is -0.381 e. The van der Waals surface area contributed by atoms with E-state index in [1.165, 1.54) is 6.26 Å². The summed E-state index contributed by atoms with van der Waals surface area (Å²) in [5, 5.41) is 0. The summed E-state index contributed by atoms with van der Waals surface area (Å²) in [6.07, 6.45) is 6.66. The molecule has 2 aliphatic heterocycles. The number of carbonyl (C=O) groups is 1. The average molecular weight is 351 g/mol. The van der Waals surface area contributed by atoms with Crippen LogP contribution in [0.4, 0.5) is 0 Å². The Labute approximate surface area is 143 Å². The van der Waals surface area contributed by atoms with Crippen LogP contribution in [0.1, 0.15) is 37.7 Å². The van der Waals surface area contributed by atoms with E-state index in [2.05, 4.69) is 4.90 Å². The summed E-state index contributed by atoms with van der Waals surface area (Å²) in [5.74, 6) is 0.212. The minimum absolute atomic E-state index is 0.212. The van der Waals surface area contributed by atoms with Gasteiger partial charge in [-0.3, -0.25) is 4.79 Å². The number of aryl methyl sites for hydroxylation is 1. The quantitative estimate of drug-likeness (QED) is 0.816. The van der Waals surface area contributed by atoms with E-state index in [4.69, 9.17) is 4.74 Å². The van der Waals surface area contributed by atoms with Gasteiger partial charge in [-0.25, -0.2) is 8.42 Å². The maximum absolute atomic E-state index is 12.6. The molecule has 132 valence electrons. The molecule has 24 heavy (non-hydrogen) atoms. The molecule has 0 N–H and O–H groups in total. The Hall–Kier alpha value is -1.40. The van der Waals surface area contributed by atoms with Crippen molar-refractivity contribution < 1.29 is 17.9 Å². The van der Waals surface area contributed by atoms with Gasteiger partial charge in [0, 0.05) is 31.9 Å². The number of hydrogen-bond acceptors (Lipinski definition) is 4. The fraction of sp³-hybridized carbons (Fsp3) is 0.611. The number of nitrogens with zero attached hydrogens (tertiary/aromatic N) is 1. The first kappa shape index (κ1) is 17.4. The number of carbonyl (C=O) groups excluding carboxylic acids is 1. The molecule has 1 amide bonds. The van der Waals surface area contributed by atoms with E-state index in [-0.39, 0.29) is 12.0 Å². The second-order valence-electron chi connectivity index (χ2n) is 6.93. The van der Waals surface area contributed by atoms with E-state index in [1.54, 1.807) is 31.4 Å². The monoisotopic (exact) mass is 351 g/mol. The molecule has 2 bridgehead atoms. The van der Waals surface area contributed by atoms with Crippen LogP contribution in [0.3, 0.4) is 0 Å². The lowest BCUT2D eigenvalue weighted by molar-refractivity contribution is -0.137. The molecular formula is C18H25NO4S. The molecule has 1 aromatic carbocycles. The molecule has 0 aliphatic carbocycles. The highest BCUT2D eigenvalue weighted by Crippen LogP contribution is 2.37. The summed E-state index contributed by atoms with van der Waals surface area (Å²) < 4.78 is 28.4. The molecule has 0 radical (unpaired) electrons. The Morgan fingerprint density at radius 1 is 1.17 bits per heavy atom. The number of rotatable bonds is 5. The number of methoxy groups -OCH3 is 1. The zero-order valence-electron chi connectivity index (χ0n) is 14.3. The number of sulfone groups is 1. The third-order valence-corrected chi connectivity index (χ3v) is 6.42. The third kappa shape index (κ3) is 3.64. The zero-order chi connectivity index (χ0) is 17.3. The van der Waals surface area contributed by atoms with Crippen molar-refractivity contribution in [3.05, 3.63) is 29.8 Å². The van der Waals surface area contributed by atoms with Crippen LogP contribution in [0, 0.1) is 0 Å². The molecule has 2 saturated heterocycles. The summed E-state index contributed by atoms with van der Waals surface area (Å²) >= 11 is 0. The molecule has 1 aromatic rings. The number of benzene rings is 1. The average Bonchev–Trinajstić information content (AvgIpc) is 2.82. The van der Waals surface area contributed by atoms with Gasteiger partial charge in [-0.05, 0) is 49.8 Å². The van der Waals surface area contributed by atoms with Crippen molar-refractivity contribution in [1.82, 2.24) is 4.90 Å². The van der Waals surface area contributed by atoms with Crippen molar-refractivity contribution in [1.29, 1.82) is 0 Å². The number of hydrogen-bond donors (Lipinski definition) is 0. The first-order valence-corrected chi connectivity index (χ1v) is 10.4. The Kier molecular flexibility index (Phi) is 4.97. The zero-order valence-corrected chi connectivity index (χ0v) is 15.1. The van der Waals surface area contributed by atoms with Crippen LogP contribution in [0.2, 0.25) is 0 Å². The van der Waals surface area contributed by atoms with Gasteiger partial charge in [0.15, 0.2) is 9.84 Å². The van der Waals surface area contributed by atoms with Crippen LogP contribution in [0.15, 0.2) is 29.2 Å². The molecule has 2 fully saturated rings. The first-order valence-electron chi connectivity index (χ1n) is 8.51. The van der Waals surface area contributed by atoms with E-state index in [1.807, 2.05) is 0 Å². The summed E-state index contributed by atoms with van der Waals surface area (Å²) in [7, 11) is -1.42. The second kappa shape index (κ2) is 6.84. The fourth-order valence-electron chi connectivity index (χ4n) is 4.01. The lowest BCUT2D eigenvalue weighted by Crippen LogP contribution is -2.48. The predicted octanol–water partition coefficient (Wildman–Crippen LogP) is 2.19. The number of ether oxygens (including phenoxy) is 1.